The first-order valence-electron chi connectivity index (χ1n) is 29.8. The number of rotatable bonds is 13. The fourth-order valence-electron chi connectivity index (χ4n) is 9.70. The molecule has 0 bridgehead atoms. The van der Waals surface area contributed by atoms with Crippen LogP contribution in [-0.4, -0.2) is 81.6 Å². The highest BCUT2D eigenvalue weighted by Gasteiger charge is 2.14. The number of ether oxygens (including phenoxy) is 4. The van der Waals surface area contributed by atoms with E-state index in [1.54, 1.807) is 18.3 Å². The topological polar surface area (TPSA) is 201 Å². The summed E-state index contributed by atoms with van der Waals surface area (Å²) < 4.78 is 21.6. The molecule has 0 fully saturated rings. The van der Waals surface area contributed by atoms with Crippen LogP contribution in [0.1, 0.15) is 62.9 Å². The van der Waals surface area contributed by atoms with Crippen molar-refractivity contribution >= 4 is 90.5 Å². The van der Waals surface area contributed by atoms with Crippen molar-refractivity contribution in [1.82, 2.24) is 50.1 Å². The second-order valence-corrected chi connectivity index (χ2v) is 22.1. The Bertz CT molecular complexity index is 4950. The lowest BCUT2D eigenvalue weighted by Gasteiger charge is -2.07. The van der Waals surface area contributed by atoms with Gasteiger partial charge in [-0.2, -0.15) is 25.0 Å². The van der Waals surface area contributed by atoms with E-state index in [1.807, 2.05) is 167 Å². The summed E-state index contributed by atoms with van der Waals surface area (Å²) in [5.41, 5.74) is 19.2. The van der Waals surface area contributed by atoms with Crippen LogP contribution in [0.15, 0.2) is 194 Å². The lowest BCUT2D eigenvalue weighted by Crippen LogP contribution is -1.92. The molecule has 0 spiro atoms. The number of imidazole rings is 4. The van der Waals surface area contributed by atoms with Gasteiger partial charge in [0.25, 0.3) is 24.0 Å². The van der Waals surface area contributed by atoms with Crippen molar-refractivity contribution in [2.24, 2.45) is 0 Å². The van der Waals surface area contributed by atoms with Crippen molar-refractivity contribution < 1.29 is 24.1 Å². The van der Waals surface area contributed by atoms with Gasteiger partial charge in [0.05, 0.1) is 103 Å². The van der Waals surface area contributed by atoms with Crippen molar-refractivity contribution in [2.75, 3.05) is 26.4 Å². The van der Waals surface area contributed by atoms with Gasteiger partial charge >= 0.3 is 0 Å². The van der Waals surface area contributed by atoms with Gasteiger partial charge in [0.2, 0.25) is 0 Å². The van der Waals surface area contributed by atoms with Crippen molar-refractivity contribution in [1.29, 1.82) is 0 Å². The van der Waals surface area contributed by atoms with E-state index < -0.39 is 0 Å². The molecule has 6 N–H and O–H groups in total. The molecule has 0 amide bonds. The molecular formula is C75H64Cl4N10O5. The first-order valence-corrected chi connectivity index (χ1v) is 31.3. The van der Waals surface area contributed by atoms with Gasteiger partial charge in [-0.15, -0.1) is 0 Å². The monoisotopic (exact) mass is 1320 g/mol. The summed E-state index contributed by atoms with van der Waals surface area (Å²) in [6.07, 6.45) is 1.74. The molecule has 0 radical (unpaired) electrons. The number of hydrogen-bond donors (Lipinski definition) is 6. The van der Waals surface area contributed by atoms with E-state index in [9.17, 15) is 0 Å². The molecule has 0 saturated heterocycles. The minimum absolute atomic E-state index is 0. The molecule has 5 heterocycles. The Hall–Kier alpha value is -10.5. The third kappa shape index (κ3) is 16.6. The first-order chi connectivity index (χ1) is 45.4. The number of hydrogen-bond acceptors (Lipinski definition) is 10. The van der Waals surface area contributed by atoms with E-state index in [-0.39, 0.29) is 14.0 Å². The van der Waals surface area contributed by atoms with Gasteiger partial charge in [0.15, 0.2) is 0 Å². The van der Waals surface area contributed by atoms with Crippen LogP contribution in [0.4, 0.5) is 0 Å². The van der Waals surface area contributed by atoms with E-state index in [0.717, 1.165) is 105 Å². The Balaban J connectivity index is 0.000000137. The predicted octanol–water partition coefficient (Wildman–Crippen LogP) is 18.8. The average molecular weight is 1330 g/mol. The highest BCUT2D eigenvalue weighted by atomic mass is 35.5. The molecule has 0 aliphatic rings. The summed E-state index contributed by atoms with van der Waals surface area (Å²) in [6, 6.07) is 63.1. The number of H-pyrrole nitrogens is 5. The van der Waals surface area contributed by atoms with Crippen LogP contribution in [0.25, 0.3) is 88.8 Å². The van der Waals surface area contributed by atoms with Crippen molar-refractivity contribution in [2.45, 2.75) is 41.7 Å². The number of aliphatic hydroxyl groups is 1. The van der Waals surface area contributed by atoms with Crippen LogP contribution in [0, 0.1) is 23.7 Å². The van der Waals surface area contributed by atoms with E-state index in [4.69, 9.17) is 70.5 Å². The Labute approximate surface area is 563 Å². The van der Waals surface area contributed by atoms with Crippen molar-refractivity contribution in [3.05, 3.63) is 242 Å². The zero-order valence-corrected chi connectivity index (χ0v) is 53.9. The Kier molecular flexibility index (Phi) is 22.4. The molecule has 9 aromatic carbocycles. The standard InChI is InChI=1S/C21H17ClN2O.C18H15ClN4O.C18H15ClN2O2.C17H13ClN2O.CH4/c1-2-25-21-23-19-12-17(18(22)13-20(19)24-21)16-10-8-15(9-11-16)14-6-4-3-5-7-14;1-2-24-18-21-16-9-13(14(19)10-17(16)22-18)11-3-5-12(6-4-11)15-7-8-20-23-15;1-2-23-18-20-16-9-14(15(19)10-17(16)21-18)8-7-12-3-5-13(11-22)6-4-12;1-2-21-17-19-15-10-13(14(18)11-16(15)20-17)9-8-12-6-4-3-5-7-12;/h3-13H,2H2,1H3,(H,23,24);3-10H,2H2,1H3,(H,20,23)(H,21,22);3-6,9-10,22H,2,11H2,1H3,(H,20,21);3-7,10-11H,2H2,1H3,(H,19,20);1H4. The van der Waals surface area contributed by atoms with Gasteiger partial charge < -0.3 is 44.0 Å². The number of nitrogens with one attached hydrogen (secondary N) is 5. The molecule has 14 aromatic rings. The van der Waals surface area contributed by atoms with E-state index in [0.29, 0.717) is 70.6 Å². The van der Waals surface area contributed by atoms with Gasteiger partial charge in [-0.05, 0) is 140 Å². The zero-order chi connectivity index (χ0) is 64.6. The second-order valence-electron chi connectivity index (χ2n) is 20.5. The Morgan fingerprint density at radius 3 is 1.16 bits per heavy atom. The summed E-state index contributed by atoms with van der Waals surface area (Å²) in [5.74, 6) is 12.3. The lowest BCUT2D eigenvalue weighted by atomic mass is 10.00. The molecule has 14 rings (SSSR count). The maximum absolute atomic E-state index is 9.04. The number of fused-ring (bicyclic) bond motifs is 4. The maximum atomic E-state index is 9.04. The summed E-state index contributed by atoms with van der Waals surface area (Å²) in [6.45, 7) is 9.94. The lowest BCUT2D eigenvalue weighted by molar-refractivity contribution is 0.282. The molecule has 0 unspecified atom stereocenters. The molecule has 15 nitrogen and oxygen atoms in total. The molecule has 5 aromatic heterocycles. The number of aliphatic hydroxyl groups excluding tert-OH is 1. The molecule has 0 saturated carbocycles. The van der Waals surface area contributed by atoms with Gasteiger partial charge in [0, 0.05) is 39.6 Å². The zero-order valence-electron chi connectivity index (χ0n) is 50.8. The fraction of sp³-hybridized carbons (Fsp3) is 0.133. The SMILES string of the molecule is C.CCOc1nc2cc(-c3ccc(-c4ccccc4)cc3)c(Cl)cc2[nH]1.CCOc1nc2cc(-c3ccc(-c4ccn[nH]4)cc3)c(Cl)cc2[nH]1.CCOc1nc2cc(Cl)c(C#Cc3ccc(CO)cc3)cc2[nH]1.CCOc1nc2cc(Cl)c(C#Cc3ccccc3)cc2[nH]1. The Morgan fingerprint density at radius 2 is 0.755 bits per heavy atom. The summed E-state index contributed by atoms with van der Waals surface area (Å²) in [5, 5.41) is 18.5. The number of benzene rings is 9. The van der Waals surface area contributed by atoms with Crippen LogP contribution >= 0.6 is 46.4 Å². The normalized spacial score (nSPS) is 10.6. The van der Waals surface area contributed by atoms with Gasteiger partial charge in [0.1, 0.15) is 0 Å². The third-order valence-electron chi connectivity index (χ3n) is 14.2. The summed E-state index contributed by atoms with van der Waals surface area (Å²) in [4.78, 5) is 30.0. The summed E-state index contributed by atoms with van der Waals surface area (Å²) >= 11 is 25.5. The van der Waals surface area contributed by atoms with Crippen LogP contribution in [0.2, 0.25) is 20.1 Å². The van der Waals surface area contributed by atoms with E-state index >= 15 is 0 Å². The highest BCUT2D eigenvalue weighted by Crippen LogP contribution is 2.36. The highest BCUT2D eigenvalue weighted by molar-refractivity contribution is 6.35. The summed E-state index contributed by atoms with van der Waals surface area (Å²) in [7, 11) is 0. The van der Waals surface area contributed by atoms with Crippen molar-refractivity contribution in [3.63, 3.8) is 0 Å². The molecule has 472 valence electrons. The molecule has 0 atom stereocenters. The number of nitrogens with zero attached hydrogens (tertiary/aromatic N) is 5. The first kappa shape index (κ1) is 66.4. The van der Waals surface area contributed by atoms with Crippen LogP contribution in [0.5, 0.6) is 24.0 Å². The van der Waals surface area contributed by atoms with E-state index in [2.05, 4.69) is 110 Å². The second kappa shape index (κ2) is 31.7. The van der Waals surface area contributed by atoms with Crippen LogP contribution in [0.3, 0.4) is 0 Å². The molecule has 94 heavy (non-hydrogen) atoms. The largest absolute Gasteiger partial charge is 0.465 e. The molecular weight excluding hydrogens is 1260 g/mol. The quantitative estimate of drug-likeness (QED) is 0.0604. The van der Waals surface area contributed by atoms with E-state index in [1.165, 1.54) is 11.1 Å². The maximum Gasteiger partial charge on any atom is 0.294 e. The van der Waals surface area contributed by atoms with Crippen LogP contribution < -0.4 is 18.9 Å². The number of halogens is 4. The molecule has 0 aliphatic heterocycles. The number of aromatic nitrogens is 10. The molecule has 0 aliphatic carbocycles. The van der Waals surface area contributed by atoms with Crippen molar-refractivity contribution in [3.8, 4) is 92.4 Å². The molecule has 19 heteroatoms. The Morgan fingerprint density at radius 1 is 0.383 bits per heavy atom. The van der Waals surface area contributed by atoms with Gasteiger partial charge in [-0.1, -0.05) is 187 Å². The van der Waals surface area contributed by atoms with Gasteiger partial charge in [-0.3, -0.25) is 5.10 Å². The number of aromatic amines is 5. The minimum Gasteiger partial charge on any atom is -0.465 e. The minimum atomic E-state index is 0. The predicted molar refractivity (Wildman–Crippen MR) is 380 cm³/mol. The smallest absolute Gasteiger partial charge is 0.294 e. The third-order valence-corrected chi connectivity index (χ3v) is 15.5. The average Bonchev–Trinajstić information content (AvgIpc) is 1.62. The van der Waals surface area contributed by atoms with Gasteiger partial charge in [-0.25, -0.2) is 0 Å². The van der Waals surface area contributed by atoms with Crippen LogP contribution in [-0.2, 0) is 6.61 Å². The fourth-order valence-corrected chi connectivity index (χ4v) is 10.7.